The number of ether oxygens (including phenoxy) is 2. The van der Waals surface area contributed by atoms with Gasteiger partial charge < -0.3 is 19.9 Å². The second kappa shape index (κ2) is 6.86. The Balaban J connectivity index is 2.77. The molecule has 100 valence electrons. The molecule has 0 aliphatic heterocycles. The molecule has 1 aromatic rings. The molecule has 0 atom stereocenters. The van der Waals surface area contributed by atoms with Crippen LogP contribution in [-0.4, -0.2) is 38.4 Å². The molecule has 0 saturated carbocycles. The number of hydrogen-bond acceptors (Lipinski definition) is 4. The van der Waals surface area contributed by atoms with Crippen LogP contribution >= 0.6 is 0 Å². The van der Waals surface area contributed by atoms with Crippen molar-refractivity contribution in [2.24, 2.45) is 0 Å². The molecule has 0 unspecified atom stereocenters. The number of aliphatic hydroxyl groups excluding tert-OH is 1. The Labute approximate surface area is 107 Å². The fraction of sp³-hybridized carbons (Fsp3) is 0.462. The van der Waals surface area contributed by atoms with Crippen LogP contribution in [0.5, 0.6) is 11.5 Å². The molecular formula is C13H19NO4. The van der Waals surface area contributed by atoms with E-state index in [0.29, 0.717) is 13.0 Å². The van der Waals surface area contributed by atoms with E-state index in [1.54, 1.807) is 14.2 Å². The topological polar surface area (TPSA) is 67.8 Å². The minimum atomic E-state index is -0.487. The first-order chi connectivity index (χ1) is 8.63. The summed E-state index contributed by atoms with van der Waals surface area (Å²) in [6.45, 7) is 1.90. The predicted molar refractivity (Wildman–Crippen MR) is 68.1 cm³/mol. The first-order valence-electron chi connectivity index (χ1n) is 5.72. The Morgan fingerprint density at radius 2 is 2.06 bits per heavy atom. The summed E-state index contributed by atoms with van der Waals surface area (Å²) < 4.78 is 10.6. The van der Waals surface area contributed by atoms with E-state index in [-0.39, 0.29) is 5.91 Å². The predicted octanol–water partition coefficient (Wildman–Crippen LogP) is 0.663. The highest BCUT2D eigenvalue weighted by Crippen LogP contribution is 2.31. The smallest absolute Gasteiger partial charge is 0.245 e. The van der Waals surface area contributed by atoms with Crippen molar-refractivity contribution in [3.05, 3.63) is 23.3 Å². The number of hydrogen-bond donors (Lipinski definition) is 2. The van der Waals surface area contributed by atoms with Crippen molar-refractivity contribution in [2.45, 2.75) is 13.3 Å². The molecule has 2 N–H and O–H groups in total. The Bertz CT molecular complexity index is 418. The van der Waals surface area contributed by atoms with Crippen molar-refractivity contribution >= 4 is 5.91 Å². The van der Waals surface area contributed by atoms with Crippen LogP contribution in [0.2, 0.25) is 0 Å². The van der Waals surface area contributed by atoms with Gasteiger partial charge in [0, 0.05) is 12.1 Å². The van der Waals surface area contributed by atoms with Gasteiger partial charge >= 0.3 is 0 Å². The number of methoxy groups -OCH3 is 2. The van der Waals surface area contributed by atoms with Crippen molar-refractivity contribution in [3.63, 3.8) is 0 Å². The third-order valence-corrected chi connectivity index (χ3v) is 2.72. The van der Waals surface area contributed by atoms with Crippen LogP contribution < -0.4 is 14.8 Å². The lowest BCUT2D eigenvalue weighted by atomic mass is 10.1. The highest BCUT2D eigenvalue weighted by Gasteiger charge is 2.11. The van der Waals surface area contributed by atoms with Gasteiger partial charge in [0.1, 0.15) is 18.1 Å². The number of amides is 1. The first-order valence-corrected chi connectivity index (χ1v) is 5.72. The first kappa shape index (κ1) is 14.3. The largest absolute Gasteiger partial charge is 0.496 e. The normalized spacial score (nSPS) is 10.0. The summed E-state index contributed by atoms with van der Waals surface area (Å²) in [5, 5.41) is 11.2. The zero-order valence-electron chi connectivity index (χ0n) is 10.9. The number of benzene rings is 1. The molecule has 0 bridgehead atoms. The summed E-state index contributed by atoms with van der Waals surface area (Å²) >= 11 is 0. The van der Waals surface area contributed by atoms with Gasteiger partial charge in [0.2, 0.25) is 5.91 Å². The van der Waals surface area contributed by atoms with Gasteiger partial charge in [0.25, 0.3) is 0 Å². The molecule has 1 aromatic carbocycles. The molecule has 5 heteroatoms. The van der Waals surface area contributed by atoms with Gasteiger partial charge in [-0.25, -0.2) is 0 Å². The highest BCUT2D eigenvalue weighted by molar-refractivity contribution is 5.76. The molecule has 1 amide bonds. The van der Waals surface area contributed by atoms with Gasteiger partial charge in [0.15, 0.2) is 0 Å². The lowest BCUT2D eigenvalue weighted by Gasteiger charge is -2.14. The van der Waals surface area contributed by atoms with Crippen LogP contribution in [0.4, 0.5) is 0 Å². The fourth-order valence-electron chi connectivity index (χ4n) is 1.82. The number of nitrogens with one attached hydrogen (secondary N) is 1. The van der Waals surface area contributed by atoms with E-state index >= 15 is 0 Å². The average molecular weight is 253 g/mol. The molecular weight excluding hydrogens is 234 g/mol. The maximum atomic E-state index is 10.9. The minimum absolute atomic E-state index is 0.376. The SMILES string of the molecule is COc1ccc(CCNC(=O)CO)c(OC)c1C. The Morgan fingerprint density at radius 1 is 1.33 bits per heavy atom. The lowest BCUT2D eigenvalue weighted by molar-refractivity contribution is -0.123. The van der Waals surface area contributed by atoms with E-state index in [1.165, 1.54) is 0 Å². The van der Waals surface area contributed by atoms with Crippen LogP contribution in [0.15, 0.2) is 12.1 Å². The Morgan fingerprint density at radius 3 is 2.61 bits per heavy atom. The van der Waals surface area contributed by atoms with Crippen molar-refractivity contribution in [1.29, 1.82) is 0 Å². The molecule has 0 fully saturated rings. The number of rotatable bonds is 6. The van der Waals surface area contributed by atoms with E-state index in [4.69, 9.17) is 14.6 Å². The van der Waals surface area contributed by atoms with E-state index in [9.17, 15) is 4.79 Å². The monoisotopic (exact) mass is 253 g/mol. The molecule has 1 rings (SSSR count). The van der Waals surface area contributed by atoms with E-state index in [0.717, 1.165) is 22.6 Å². The van der Waals surface area contributed by atoms with Gasteiger partial charge in [-0.2, -0.15) is 0 Å². The third-order valence-electron chi connectivity index (χ3n) is 2.72. The van der Waals surface area contributed by atoms with E-state index in [1.807, 2.05) is 19.1 Å². The van der Waals surface area contributed by atoms with Gasteiger partial charge in [-0.3, -0.25) is 4.79 Å². The fourth-order valence-corrected chi connectivity index (χ4v) is 1.82. The van der Waals surface area contributed by atoms with Crippen LogP contribution in [0.25, 0.3) is 0 Å². The molecule has 0 spiro atoms. The van der Waals surface area contributed by atoms with Gasteiger partial charge in [-0.05, 0) is 25.0 Å². The number of aliphatic hydroxyl groups is 1. The van der Waals surface area contributed by atoms with E-state index in [2.05, 4.69) is 5.32 Å². The molecule has 0 aromatic heterocycles. The van der Waals surface area contributed by atoms with Gasteiger partial charge in [-0.1, -0.05) is 6.07 Å². The molecule has 0 radical (unpaired) electrons. The second-order valence-corrected chi connectivity index (χ2v) is 3.84. The second-order valence-electron chi connectivity index (χ2n) is 3.84. The van der Waals surface area contributed by atoms with Crippen molar-refractivity contribution in [3.8, 4) is 11.5 Å². The number of carbonyl (C=O) groups is 1. The van der Waals surface area contributed by atoms with Crippen molar-refractivity contribution < 1.29 is 19.4 Å². The quantitative estimate of drug-likeness (QED) is 0.781. The van der Waals surface area contributed by atoms with E-state index < -0.39 is 6.61 Å². The molecule has 0 heterocycles. The summed E-state index contributed by atoms with van der Waals surface area (Å²) in [6.07, 6.45) is 0.639. The third kappa shape index (κ3) is 3.37. The number of carbonyl (C=O) groups excluding carboxylic acids is 1. The molecule has 0 aliphatic carbocycles. The van der Waals surface area contributed by atoms with Gasteiger partial charge in [0.05, 0.1) is 14.2 Å². The van der Waals surface area contributed by atoms with Crippen molar-refractivity contribution in [2.75, 3.05) is 27.4 Å². The minimum Gasteiger partial charge on any atom is -0.496 e. The summed E-state index contributed by atoms with van der Waals surface area (Å²) in [4.78, 5) is 10.9. The lowest BCUT2D eigenvalue weighted by Crippen LogP contribution is -2.28. The Kier molecular flexibility index (Phi) is 5.45. The molecule has 0 aliphatic rings. The molecule has 5 nitrogen and oxygen atoms in total. The van der Waals surface area contributed by atoms with Crippen LogP contribution in [0.3, 0.4) is 0 Å². The maximum Gasteiger partial charge on any atom is 0.245 e. The maximum absolute atomic E-state index is 10.9. The molecule has 18 heavy (non-hydrogen) atoms. The van der Waals surface area contributed by atoms with Crippen LogP contribution in [0.1, 0.15) is 11.1 Å². The summed E-state index contributed by atoms with van der Waals surface area (Å²) in [7, 11) is 3.22. The summed E-state index contributed by atoms with van der Waals surface area (Å²) in [5.41, 5.74) is 1.93. The Hall–Kier alpha value is -1.75. The zero-order chi connectivity index (χ0) is 13.5. The molecule has 0 saturated heterocycles. The average Bonchev–Trinajstić information content (AvgIpc) is 2.39. The standard InChI is InChI=1S/C13H19NO4/c1-9-11(17-2)5-4-10(13(9)18-3)6-7-14-12(16)8-15/h4-5,15H,6-8H2,1-3H3,(H,14,16). The highest BCUT2D eigenvalue weighted by atomic mass is 16.5. The van der Waals surface area contributed by atoms with Crippen molar-refractivity contribution in [1.82, 2.24) is 5.32 Å². The zero-order valence-corrected chi connectivity index (χ0v) is 10.9. The van der Waals surface area contributed by atoms with Gasteiger partial charge in [-0.15, -0.1) is 0 Å². The summed E-state index contributed by atoms with van der Waals surface area (Å²) in [6, 6.07) is 3.79. The van der Waals surface area contributed by atoms with Crippen LogP contribution in [0, 0.1) is 6.92 Å². The van der Waals surface area contributed by atoms with Crippen LogP contribution in [-0.2, 0) is 11.2 Å². The summed E-state index contributed by atoms with van der Waals surface area (Å²) in [5.74, 6) is 1.17.